The Labute approximate surface area is 168 Å². The van der Waals surface area contributed by atoms with Crippen molar-refractivity contribution in [2.45, 2.75) is 72.8 Å². The van der Waals surface area contributed by atoms with Crippen molar-refractivity contribution in [2.24, 2.45) is 12.5 Å². The van der Waals surface area contributed by atoms with Gasteiger partial charge in [0.1, 0.15) is 5.82 Å². The Morgan fingerprint density at radius 2 is 1.86 bits per heavy atom. The third kappa shape index (κ3) is 5.43. The molecule has 2 rings (SSSR count). The van der Waals surface area contributed by atoms with Crippen molar-refractivity contribution >= 4 is 16.8 Å². The molecule has 1 unspecified atom stereocenters. The number of carbonyl (C=O) groups is 1. The zero-order valence-corrected chi connectivity index (χ0v) is 18.3. The molecular formula is C23H35N3O2. The molecule has 1 heterocycles. The highest BCUT2D eigenvalue weighted by atomic mass is 16.2. The predicted molar refractivity (Wildman–Crippen MR) is 115 cm³/mol. The Bertz CT molecular complexity index is 864. The van der Waals surface area contributed by atoms with E-state index >= 15 is 0 Å². The molecule has 0 aliphatic rings. The molecule has 0 fully saturated rings. The number of carbonyl (C=O) groups excluding carboxylic acids is 1. The van der Waals surface area contributed by atoms with Gasteiger partial charge in [-0.2, -0.15) is 0 Å². The van der Waals surface area contributed by atoms with Gasteiger partial charge in [-0.1, -0.05) is 59.1 Å². The topological polar surface area (TPSA) is 55.2 Å². The minimum absolute atomic E-state index is 0.0679. The van der Waals surface area contributed by atoms with E-state index in [9.17, 15) is 9.59 Å². The molecule has 1 aromatic heterocycles. The molecule has 0 aliphatic carbocycles. The smallest absolute Gasteiger partial charge is 0.261 e. The van der Waals surface area contributed by atoms with Crippen LogP contribution in [0.2, 0.25) is 0 Å². The van der Waals surface area contributed by atoms with Gasteiger partial charge in [-0.25, -0.2) is 4.98 Å². The second-order valence-corrected chi connectivity index (χ2v) is 8.91. The highest BCUT2D eigenvalue weighted by molar-refractivity contribution is 5.78. The summed E-state index contributed by atoms with van der Waals surface area (Å²) < 4.78 is 1.59. The summed E-state index contributed by atoms with van der Waals surface area (Å²) in [6.45, 7) is 11.1. The number of amides is 1. The zero-order valence-electron chi connectivity index (χ0n) is 18.3. The molecule has 0 radical (unpaired) electrons. The van der Waals surface area contributed by atoms with Crippen molar-refractivity contribution in [3.63, 3.8) is 0 Å². The lowest BCUT2D eigenvalue weighted by Gasteiger charge is -2.32. The lowest BCUT2D eigenvalue weighted by Crippen LogP contribution is -2.39. The first-order valence-corrected chi connectivity index (χ1v) is 10.4. The standard InChI is InChI=1S/C23H35N3O2/c1-7-8-9-12-15-26(20(27)16-23(3,4)5)17(2)21-24-19-14-11-10-13-18(19)22(28)25(21)6/h10-11,13-14,17H,7-9,12,15-16H2,1-6H3. The molecule has 28 heavy (non-hydrogen) atoms. The van der Waals surface area contributed by atoms with E-state index in [1.165, 1.54) is 6.42 Å². The van der Waals surface area contributed by atoms with Crippen LogP contribution in [0, 0.1) is 5.41 Å². The molecule has 2 aromatic rings. The Morgan fingerprint density at radius 1 is 1.18 bits per heavy atom. The van der Waals surface area contributed by atoms with Crippen LogP contribution in [0.4, 0.5) is 0 Å². The molecule has 5 heteroatoms. The normalized spacial score (nSPS) is 12.9. The van der Waals surface area contributed by atoms with Gasteiger partial charge in [0.15, 0.2) is 0 Å². The maximum Gasteiger partial charge on any atom is 0.261 e. The highest BCUT2D eigenvalue weighted by Gasteiger charge is 2.27. The van der Waals surface area contributed by atoms with Gasteiger partial charge in [0.05, 0.1) is 16.9 Å². The van der Waals surface area contributed by atoms with E-state index in [1.54, 1.807) is 17.7 Å². The predicted octanol–water partition coefficient (Wildman–Crippen LogP) is 4.84. The molecule has 0 spiro atoms. The lowest BCUT2D eigenvalue weighted by atomic mass is 9.91. The van der Waals surface area contributed by atoms with Crippen molar-refractivity contribution in [1.82, 2.24) is 14.5 Å². The van der Waals surface area contributed by atoms with Gasteiger partial charge >= 0.3 is 0 Å². The van der Waals surface area contributed by atoms with Crippen molar-refractivity contribution in [3.05, 3.63) is 40.4 Å². The first-order chi connectivity index (χ1) is 13.2. The van der Waals surface area contributed by atoms with Crippen molar-refractivity contribution in [3.8, 4) is 0 Å². The average Bonchev–Trinajstić information content (AvgIpc) is 2.62. The number of nitrogens with zero attached hydrogens (tertiary/aromatic N) is 3. The lowest BCUT2D eigenvalue weighted by molar-refractivity contribution is -0.135. The largest absolute Gasteiger partial charge is 0.333 e. The van der Waals surface area contributed by atoms with Crippen molar-refractivity contribution < 1.29 is 4.79 Å². The molecule has 0 saturated heterocycles. The Morgan fingerprint density at radius 3 is 2.50 bits per heavy atom. The number of fused-ring (bicyclic) bond motifs is 1. The van der Waals surface area contributed by atoms with Crippen LogP contribution in [0.1, 0.15) is 78.6 Å². The van der Waals surface area contributed by atoms with Gasteiger partial charge in [0.2, 0.25) is 5.91 Å². The Kier molecular flexibility index (Phi) is 7.39. The van der Waals surface area contributed by atoms with E-state index < -0.39 is 0 Å². The molecule has 0 aliphatic heterocycles. The molecule has 154 valence electrons. The van der Waals surface area contributed by atoms with Crippen LogP contribution in [0.25, 0.3) is 10.9 Å². The molecule has 5 nitrogen and oxygen atoms in total. The van der Waals surface area contributed by atoms with E-state index in [2.05, 4.69) is 27.7 Å². The number of hydrogen-bond acceptors (Lipinski definition) is 3. The summed E-state index contributed by atoms with van der Waals surface area (Å²) in [6.07, 6.45) is 4.88. The van der Waals surface area contributed by atoms with Crippen LogP contribution in [0.15, 0.2) is 29.1 Å². The quantitative estimate of drug-likeness (QED) is 0.611. The van der Waals surface area contributed by atoms with E-state index in [1.807, 2.05) is 30.0 Å². The molecule has 1 aromatic carbocycles. The van der Waals surface area contributed by atoms with Crippen molar-refractivity contribution in [1.29, 1.82) is 0 Å². The zero-order chi connectivity index (χ0) is 20.9. The summed E-state index contributed by atoms with van der Waals surface area (Å²) in [4.78, 5) is 32.6. The Hall–Kier alpha value is -2.17. The minimum atomic E-state index is -0.251. The third-order valence-corrected chi connectivity index (χ3v) is 5.11. The summed E-state index contributed by atoms with van der Waals surface area (Å²) in [6, 6.07) is 7.14. The van der Waals surface area contributed by atoms with Crippen LogP contribution < -0.4 is 5.56 Å². The monoisotopic (exact) mass is 385 g/mol. The third-order valence-electron chi connectivity index (χ3n) is 5.11. The number of benzene rings is 1. The van der Waals surface area contributed by atoms with Crippen LogP contribution >= 0.6 is 0 Å². The fourth-order valence-electron chi connectivity index (χ4n) is 3.55. The summed E-state index contributed by atoms with van der Waals surface area (Å²) >= 11 is 0. The van der Waals surface area contributed by atoms with Gasteiger partial charge in [0, 0.05) is 20.0 Å². The van der Waals surface area contributed by atoms with Gasteiger partial charge in [0.25, 0.3) is 5.56 Å². The first-order valence-electron chi connectivity index (χ1n) is 10.4. The first kappa shape index (κ1) is 22.1. The number of aromatic nitrogens is 2. The second-order valence-electron chi connectivity index (χ2n) is 8.91. The highest BCUT2D eigenvalue weighted by Crippen LogP contribution is 2.26. The molecule has 1 atom stereocenters. The average molecular weight is 386 g/mol. The minimum Gasteiger partial charge on any atom is -0.333 e. The van der Waals surface area contributed by atoms with Gasteiger partial charge < -0.3 is 4.90 Å². The fraction of sp³-hybridized carbons (Fsp3) is 0.609. The fourth-order valence-corrected chi connectivity index (χ4v) is 3.55. The van der Waals surface area contributed by atoms with E-state index in [4.69, 9.17) is 4.98 Å². The number of rotatable bonds is 8. The van der Waals surface area contributed by atoms with Crippen LogP contribution in [-0.4, -0.2) is 26.9 Å². The SMILES string of the molecule is CCCCCCN(C(=O)CC(C)(C)C)C(C)c1nc2ccccc2c(=O)n1C. The summed E-state index contributed by atoms with van der Waals surface area (Å²) in [5.74, 6) is 0.764. The van der Waals surface area contributed by atoms with E-state index in [-0.39, 0.29) is 22.9 Å². The van der Waals surface area contributed by atoms with Crippen molar-refractivity contribution in [2.75, 3.05) is 6.54 Å². The summed E-state index contributed by atoms with van der Waals surface area (Å²) in [7, 11) is 1.75. The Balaban J connectivity index is 2.38. The van der Waals surface area contributed by atoms with Gasteiger partial charge in [-0.15, -0.1) is 0 Å². The summed E-state index contributed by atoms with van der Waals surface area (Å²) in [5, 5.41) is 0.608. The number of para-hydroxylation sites is 1. The van der Waals surface area contributed by atoms with Crippen LogP contribution in [0.3, 0.4) is 0 Å². The summed E-state index contributed by atoms with van der Waals surface area (Å²) in [5.41, 5.74) is 0.532. The van der Waals surface area contributed by atoms with E-state index in [0.29, 0.717) is 29.7 Å². The van der Waals surface area contributed by atoms with Gasteiger partial charge in [-0.05, 0) is 30.9 Å². The molecule has 0 bridgehead atoms. The maximum absolute atomic E-state index is 13.1. The van der Waals surface area contributed by atoms with Gasteiger partial charge in [-0.3, -0.25) is 14.2 Å². The van der Waals surface area contributed by atoms with E-state index in [0.717, 1.165) is 19.3 Å². The molecular weight excluding hydrogens is 350 g/mol. The van der Waals surface area contributed by atoms with Crippen LogP contribution in [-0.2, 0) is 11.8 Å². The second kappa shape index (κ2) is 9.35. The molecule has 0 saturated carbocycles. The number of unbranched alkanes of at least 4 members (excludes halogenated alkanes) is 3. The maximum atomic E-state index is 13.1. The molecule has 0 N–H and O–H groups in total. The molecule has 1 amide bonds. The number of hydrogen-bond donors (Lipinski definition) is 0. The van der Waals surface area contributed by atoms with Crippen LogP contribution in [0.5, 0.6) is 0 Å².